The van der Waals surface area contributed by atoms with E-state index in [0.29, 0.717) is 12.1 Å². The summed E-state index contributed by atoms with van der Waals surface area (Å²) < 4.78 is 26.1. The van der Waals surface area contributed by atoms with Crippen LogP contribution >= 0.6 is 0 Å². The van der Waals surface area contributed by atoms with E-state index in [0.717, 1.165) is 6.07 Å². The summed E-state index contributed by atoms with van der Waals surface area (Å²) in [6, 6.07) is 3.91. The monoisotopic (exact) mass is 315 g/mol. The summed E-state index contributed by atoms with van der Waals surface area (Å²) in [5.41, 5.74) is 5.45. The number of hydrogen-bond acceptors (Lipinski definition) is 5. The Morgan fingerprint density at radius 3 is 2.43 bits per heavy atom. The van der Waals surface area contributed by atoms with E-state index in [2.05, 4.69) is 0 Å². The van der Waals surface area contributed by atoms with E-state index in [4.69, 9.17) is 5.73 Å². The number of nitro benzene ring substituents is 1. The zero-order valence-electron chi connectivity index (χ0n) is 12.7. The minimum absolute atomic E-state index is 0.0879. The molecule has 0 aliphatic heterocycles. The van der Waals surface area contributed by atoms with Crippen LogP contribution < -0.4 is 5.73 Å². The lowest BCUT2D eigenvalue weighted by Crippen LogP contribution is -2.39. The average Bonchev–Trinajstić information content (AvgIpc) is 2.38. The van der Waals surface area contributed by atoms with Crippen molar-refractivity contribution in [2.75, 3.05) is 20.1 Å². The molecule has 2 N–H and O–H groups in total. The van der Waals surface area contributed by atoms with Gasteiger partial charge < -0.3 is 5.73 Å². The van der Waals surface area contributed by atoms with Gasteiger partial charge >= 0.3 is 0 Å². The molecule has 0 unspecified atom stereocenters. The topological polar surface area (TPSA) is 107 Å². The van der Waals surface area contributed by atoms with Gasteiger partial charge in [-0.15, -0.1) is 0 Å². The Hall–Kier alpha value is -1.51. The fourth-order valence-electron chi connectivity index (χ4n) is 1.88. The Morgan fingerprint density at radius 2 is 1.95 bits per heavy atom. The second-order valence-electron chi connectivity index (χ2n) is 5.83. The molecule has 0 heterocycles. The highest BCUT2D eigenvalue weighted by molar-refractivity contribution is 7.89. The third kappa shape index (κ3) is 3.99. The number of rotatable bonds is 6. The first-order valence-corrected chi connectivity index (χ1v) is 7.87. The van der Waals surface area contributed by atoms with Gasteiger partial charge in [0.2, 0.25) is 10.0 Å². The SMILES string of the molecule is Cc1ccc(S(=O)(=O)N(C)CC(C)(C)CN)cc1[N+](=O)[O-]. The third-order valence-corrected chi connectivity index (χ3v) is 5.09. The summed E-state index contributed by atoms with van der Waals surface area (Å²) in [5, 5.41) is 10.9. The van der Waals surface area contributed by atoms with Crippen LogP contribution in [0.1, 0.15) is 19.4 Å². The smallest absolute Gasteiger partial charge is 0.273 e. The van der Waals surface area contributed by atoms with E-state index in [1.165, 1.54) is 23.5 Å². The van der Waals surface area contributed by atoms with Crippen LogP contribution in [0, 0.1) is 22.5 Å². The van der Waals surface area contributed by atoms with Crippen LogP contribution in [-0.4, -0.2) is 37.8 Å². The molecule has 0 fully saturated rings. The first kappa shape index (κ1) is 17.5. The minimum atomic E-state index is -3.78. The summed E-state index contributed by atoms with van der Waals surface area (Å²) in [6.07, 6.45) is 0. The van der Waals surface area contributed by atoms with Crippen molar-refractivity contribution in [1.29, 1.82) is 0 Å². The van der Waals surface area contributed by atoms with Crippen molar-refractivity contribution < 1.29 is 13.3 Å². The van der Waals surface area contributed by atoms with Gasteiger partial charge in [0.15, 0.2) is 0 Å². The van der Waals surface area contributed by atoms with E-state index in [1.54, 1.807) is 6.92 Å². The molecule has 0 radical (unpaired) electrons. The Labute approximate surface area is 124 Å². The largest absolute Gasteiger partial charge is 0.330 e. The lowest BCUT2D eigenvalue weighted by Gasteiger charge is -2.28. The standard InChI is InChI=1S/C13H21N3O4S/c1-10-5-6-11(7-12(10)16(17)18)21(19,20)15(4)9-13(2,3)8-14/h5-7H,8-9,14H2,1-4H3. The zero-order valence-corrected chi connectivity index (χ0v) is 13.5. The van der Waals surface area contributed by atoms with E-state index < -0.39 is 14.9 Å². The number of benzene rings is 1. The molecule has 118 valence electrons. The summed E-state index contributed by atoms with van der Waals surface area (Å²) in [4.78, 5) is 10.3. The first-order chi connectivity index (χ1) is 9.51. The number of sulfonamides is 1. The van der Waals surface area contributed by atoms with Crippen molar-refractivity contribution in [3.8, 4) is 0 Å². The van der Waals surface area contributed by atoms with Crippen molar-refractivity contribution in [3.63, 3.8) is 0 Å². The summed E-state index contributed by atoms with van der Waals surface area (Å²) in [7, 11) is -2.34. The van der Waals surface area contributed by atoms with Crippen LogP contribution in [0.15, 0.2) is 23.1 Å². The van der Waals surface area contributed by atoms with Crippen molar-refractivity contribution in [3.05, 3.63) is 33.9 Å². The molecule has 7 nitrogen and oxygen atoms in total. The van der Waals surface area contributed by atoms with Gasteiger partial charge in [-0.05, 0) is 24.9 Å². The highest BCUT2D eigenvalue weighted by Gasteiger charge is 2.28. The zero-order chi connectivity index (χ0) is 16.4. The highest BCUT2D eigenvalue weighted by atomic mass is 32.2. The molecule has 0 amide bonds. The fraction of sp³-hybridized carbons (Fsp3) is 0.538. The Balaban J connectivity index is 3.19. The predicted molar refractivity (Wildman–Crippen MR) is 80.5 cm³/mol. The molecule has 0 saturated carbocycles. The van der Waals surface area contributed by atoms with Gasteiger partial charge in [-0.2, -0.15) is 0 Å². The molecule has 0 bridgehead atoms. The maximum atomic E-state index is 12.5. The highest BCUT2D eigenvalue weighted by Crippen LogP contribution is 2.25. The number of hydrogen-bond donors (Lipinski definition) is 1. The molecule has 0 aliphatic carbocycles. The number of aryl methyl sites for hydroxylation is 1. The van der Waals surface area contributed by atoms with Crippen LogP contribution in [-0.2, 0) is 10.0 Å². The number of nitro groups is 1. The normalized spacial score (nSPS) is 12.7. The maximum Gasteiger partial charge on any atom is 0.273 e. The van der Waals surface area contributed by atoms with Crippen LogP contribution in [0.25, 0.3) is 0 Å². The van der Waals surface area contributed by atoms with Gasteiger partial charge in [0.1, 0.15) is 0 Å². The van der Waals surface area contributed by atoms with Gasteiger partial charge in [-0.25, -0.2) is 12.7 Å². The van der Waals surface area contributed by atoms with Crippen molar-refractivity contribution in [2.45, 2.75) is 25.7 Å². The van der Waals surface area contributed by atoms with Crippen LogP contribution in [0.5, 0.6) is 0 Å². The molecule has 0 aliphatic rings. The molecule has 21 heavy (non-hydrogen) atoms. The molecule has 1 aromatic rings. The Kier molecular flexibility index (Phi) is 5.08. The summed E-state index contributed by atoms with van der Waals surface area (Å²) in [5.74, 6) is 0. The van der Waals surface area contributed by atoms with Gasteiger partial charge in [0.25, 0.3) is 5.69 Å². The van der Waals surface area contributed by atoms with Gasteiger partial charge in [-0.3, -0.25) is 10.1 Å². The lowest BCUT2D eigenvalue weighted by molar-refractivity contribution is -0.385. The molecule has 0 atom stereocenters. The van der Waals surface area contributed by atoms with E-state index in [1.807, 2.05) is 13.8 Å². The molecule has 0 aromatic heterocycles. The number of nitrogens with zero attached hydrogens (tertiary/aromatic N) is 2. The number of nitrogens with two attached hydrogens (primary N) is 1. The van der Waals surface area contributed by atoms with Gasteiger partial charge in [0, 0.05) is 25.2 Å². The second-order valence-corrected chi connectivity index (χ2v) is 7.88. The van der Waals surface area contributed by atoms with Crippen molar-refractivity contribution >= 4 is 15.7 Å². The van der Waals surface area contributed by atoms with Crippen LogP contribution in [0.2, 0.25) is 0 Å². The molecule has 8 heteroatoms. The molecule has 0 saturated heterocycles. The maximum absolute atomic E-state index is 12.5. The van der Waals surface area contributed by atoms with Gasteiger partial charge in [0.05, 0.1) is 9.82 Å². The summed E-state index contributed by atoms with van der Waals surface area (Å²) in [6.45, 7) is 5.84. The van der Waals surface area contributed by atoms with E-state index in [9.17, 15) is 18.5 Å². The fourth-order valence-corrected chi connectivity index (χ4v) is 3.26. The van der Waals surface area contributed by atoms with E-state index >= 15 is 0 Å². The molecular weight excluding hydrogens is 294 g/mol. The molecule has 0 spiro atoms. The third-order valence-electron chi connectivity index (χ3n) is 3.29. The average molecular weight is 315 g/mol. The Morgan fingerprint density at radius 1 is 1.38 bits per heavy atom. The first-order valence-electron chi connectivity index (χ1n) is 6.43. The van der Waals surface area contributed by atoms with Crippen molar-refractivity contribution in [2.24, 2.45) is 11.1 Å². The predicted octanol–water partition coefficient (Wildman–Crippen LogP) is 1.51. The molecular formula is C13H21N3O4S. The Bertz CT molecular complexity index is 641. The summed E-state index contributed by atoms with van der Waals surface area (Å²) >= 11 is 0. The van der Waals surface area contributed by atoms with Crippen LogP contribution in [0.3, 0.4) is 0 Å². The molecule has 1 rings (SSSR count). The van der Waals surface area contributed by atoms with Crippen LogP contribution in [0.4, 0.5) is 5.69 Å². The van der Waals surface area contributed by atoms with E-state index in [-0.39, 0.29) is 22.5 Å². The van der Waals surface area contributed by atoms with Gasteiger partial charge in [-0.1, -0.05) is 19.9 Å². The lowest BCUT2D eigenvalue weighted by atomic mass is 9.94. The van der Waals surface area contributed by atoms with Crippen molar-refractivity contribution in [1.82, 2.24) is 4.31 Å². The minimum Gasteiger partial charge on any atom is -0.330 e. The molecule has 1 aromatic carbocycles. The quantitative estimate of drug-likeness (QED) is 0.632. The second kappa shape index (κ2) is 6.08.